The maximum Gasteiger partial charge on any atom is 0.226 e. The third-order valence-electron chi connectivity index (χ3n) is 1.77. The van der Waals surface area contributed by atoms with Crippen LogP contribution in [0, 0.1) is 0 Å². The van der Waals surface area contributed by atoms with Gasteiger partial charge in [-0.15, -0.1) is 0 Å². The Kier molecular flexibility index (Phi) is 2.74. The summed E-state index contributed by atoms with van der Waals surface area (Å²) in [4.78, 5) is 15.2. The highest BCUT2D eigenvalue weighted by Gasteiger charge is 2.14. The normalized spacial score (nSPS) is 11.7. The lowest BCUT2D eigenvalue weighted by Crippen LogP contribution is -1.96. The van der Waals surface area contributed by atoms with E-state index in [0.29, 0.717) is 0 Å². The van der Waals surface area contributed by atoms with Crippen molar-refractivity contribution in [3.8, 4) is 0 Å². The number of aliphatic hydroxyl groups excluding tert-OH is 1. The minimum atomic E-state index is -0.552. The molecule has 0 fully saturated rings. The third kappa shape index (κ3) is 1.96. The molecule has 6 nitrogen and oxygen atoms in total. The molecule has 0 atom stereocenters. The smallest absolute Gasteiger partial charge is 0.226 e. The van der Waals surface area contributed by atoms with Crippen LogP contribution in [-0.2, 0) is 0 Å². The van der Waals surface area contributed by atoms with Gasteiger partial charge in [0.05, 0.1) is 11.3 Å². The Balaban J connectivity index is 2.25. The number of halogens is 1. The number of nitrogens with zero attached hydrogens (tertiary/aromatic N) is 2. The highest BCUT2D eigenvalue weighted by atomic mass is 35.5. The van der Waals surface area contributed by atoms with E-state index in [4.69, 9.17) is 16.0 Å². The van der Waals surface area contributed by atoms with Gasteiger partial charge in [0.25, 0.3) is 0 Å². The van der Waals surface area contributed by atoms with Crippen molar-refractivity contribution in [3.63, 3.8) is 0 Å². The van der Waals surface area contributed by atoms with E-state index in [-0.39, 0.29) is 22.4 Å². The van der Waals surface area contributed by atoms with Gasteiger partial charge in [-0.05, 0) is 6.07 Å². The SMILES string of the molecule is O=C(C=C(O)c1ncn[nH]1)c1occc1Cl. The first-order valence-electron chi connectivity index (χ1n) is 4.22. The summed E-state index contributed by atoms with van der Waals surface area (Å²) < 4.78 is 4.86. The van der Waals surface area contributed by atoms with Gasteiger partial charge in [0.2, 0.25) is 5.78 Å². The fourth-order valence-electron chi connectivity index (χ4n) is 1.06. The zero-order valence-corrected chi connectivity index (χ0v) is 8.60. The van der Waals surface area contributed by atoms with E-state index in [9.17, 15) is 9.90 Å². The third-order valence-corrected chi connectivity index (χ3v) is 2.06. The van der Waals surface area contributed by atoms with Gasteiger partial charge in [-0.25, -0.2) is 4.98 Å². The number of ketones is 1. The Morgan fingerprint density at radius 2 is 2.44 bits per heavy atom. The molecule has 2 aromatic rings. The average Bonchev–Trinajstić information content (AvgIpc) is 2.86. The van der Waals surface area contributed by atoms with E-state index in [1.165, 1.54) is 18.7 Å². The molecule has 16 heavy (non-hydrogen) atoms. The van der Waals surface area contributed by atoms with Crippen molar-refractivity contribution in [2.24, 2.45) is 0 Å². The van der Waals surface area contributed by atoms with Gasteiger partial charge in [-0.3, -0.25) is 9.89 Å². The molecular weight excluding hydrogens is 234 g/mol. The van der Waals surface area contributed by atoms with Crippen molar-refractivity contribution < 1.29 is 14.3 Å². The second-order valence-electron chi connectivity index (χ2n) is 2.83. The summed E-state index contributed by atoms with van der Waals surface area (Å²) in [5, 5.41) is 15.6. The zero-order valence-electron chi connectivity index (χ0n) is 7.85. The van der Waals surface area contributed by atoms with Crippen LogP contribution in [-0.4, -0.2) is 26.1 Å². The first-order chi connectivity index (χ1) is 7.68. The van der Waals surface area contributed by atoms with Crippen LogP contribution in [0.25, 0.3) is 5.76 Å². The quantitative estimate of drug-likeness (QED) is 0.484. The minimum absolute atomic E-state index is 0.0345. The fourth-order valence-corrected chi connectivity index (χ4v) is 1.25. The number of hydrogen-bond donors (Lipinski definition) is 2. The molecule has 2 rings (SSSR count). The molecule has 0 amide bonds. The van der Waals surface area contributed by atoms with Crippen LogP contribution in [0.2, 0.25) is 5.02 Å². The summed E-state index contributed by atoms with van der Waals surface area (Å²) >= 11 is 5.68. The predicted octanol–water partition coefficient (Wildman–Crippen LogP) is 1.83. The lowest BCUT2D eigenvalue weighted by molar-refractivity contribution is 0.102. The molecule has 0 aliphatic heterocycles. The molecule has 0 aliphatic carbocycles. The molecule has 7 heteroatoms. The fraction of sp³-hybridized carbons (Fsp3) is 0. The van der Waals surface area contributed by atoms with Gasteiger partial charge < -0.3 is 9.52 Å². The van der Waals surface area contributed by atoms with E-state index in [1.807, 2.05) is 0 Å². The van der Waals surface area contributed by atoms with Crippen LogP contribution in [0.15, 0.2) is 29.2 Å². The van der Waals surface area contributed by atoms with Crippen LogP contribution in [0.4, 0.5) is 0 Å². The van der Waals surface area contributed by atoms with E-state index in [2.05, 4.69) is 15.2 Å². The van der Waals surface area contributed by atoms with E-state index in [1.54, 1.807) is 0 Å². The number of aromatic nitrogens is 3. The Morgan fingerprint density at radius 3 is 3.00 bits per heavy atom. The van der Waals surface area contributed by atoms with Crippen molar-refractivity contribution in [1.82, 2.24) is 15.2 Å². The number of nitrogens with one attached hydrogen (secondary N) is 1. The molecule has 0 spiro atoms. The molecule has 0 aromatic carbocycles. The second kappa shape index (κ2) is 4.19. The van der Waals surface area contributed by atoms with Gasteiger partial charge in [0, 0.05) is 6.08 Å². The first kappa shape index (κ1) is 10.4. The lowest BCUT2D eigenvalue weighted by Gasteiger charge is -1.93. The highest BCUT2D eigenvalue weighted by Crippen LogP contribution is 2.18. The average molecular weight is 240 g/mol. The van der Waals surface area contributed by atoms with Gasteiger partial charge in [0.15, 0.2) is 17.3 Å². The molecule has 0 radical (unpaired) electrons. The van der Waals surface area contributed by atoms with E-state index in [0.717, 1.165) is 6.08 Å². The Bertz CT molecular complexity index is 530. The number of hydrogen-bond acceptors (Lipinski definition) is 5. The summed E-state index contributed by atoms with van der Waals surface area (Å²) in [5.74, 6) is -0.831. The van der Waals surface area contributed by atoms with Crippen molar-refractivity contribution >= 4 is 23.1 Å². The van der Waals surface area contributed by atoms with E-state index >= 15 is 0 Å². The number of carbonyl (C=O) groups is 1. The molecule has 0 saturated carbocycles. The number of H-pyrrole nitrogens is 1. The predicted molar refractivity (Wildman–Crippen MR) is 55.0 cm³/mol. The zero-order chi connectivity index (χ0) is 11.5. The minimum Gasteiger partial charge on any atom is -0.504 e. The molecule has 0 saturated heterocycles. The summed E-state index contributed by atoms with van der Waals surface area (Å²) in [7, 11) is 0. The van der Waals surface area contributed by atoms with Crippen LogP contribution < -0.4 is 0 Å². The van der Waals surface area contributed by atoms with Crippen LogP contribution in [0.3, 0.4) is 0 Å². The van der Waals surface area contributed by atoms with E-state index < -0.39 is 5.78 Å². The summed E-state index contributed by atoms with van der Waals surface area (Å²) in [6, 6.07) is 1.44. The molecule has 0 aliphatic rings. The van der Waals surface area contributed by atoms with Gasteiger partial charge in [-0.1, -0.05) is 11.6 Å². The van der Waals surface area contributed by atoms with Crippen LogP contribution in [0.1, 0.15) is 16.4 Å². The maximum absolute atomic E-state index is 11.6. The van der Waals surface area contributed by atoms with Crippen molar-refractivity contribution in [1.29, 1.82) is 0 Å². The van der Waals surface area contributed by atoms with Gasteiger partial charge in [-0.2, -0.15) is 5.10 Å². The van der Waals surface area contributed by atoms with Crippen LogP contribution in [0.5, 0.6) is 0 Å². The van der Waals surface area contributed by atoms with Gasteiger partial charge >= 0.3 is 0 Å². The summed E-state index contributed by atoms with van der Waals surface area (Å²) in [5.41, 5.74) is 0. The molecule has 2 heterocycles. The molecule has 2 aromatic heterocycles. The molecular formula is C9H6ClN3O3. The number of rotatable bonds is 3. The number of aliphatic hydroxyl groups is 1. The van der Waals surface area contributed by atoms with Crippen LogP contribution >= 0.6 is 11.6 Å². The number of furan rings is 1. The maximum atomic E-state index is 11.6. The number of allylic oxidation sites excluding steroid dienone is 1. The topological polar surface area (TPSA) is 92.0 Å². The number of aromatic amines is 1. The Morgan fingerprint density at radius 1 is 1.62 bits per heavy atom. The molecule has 0 unspecified atom stereocenters. The lowest BCUT2D eigenvalue weighted by atomic mass is 10.2. The Hall–Kier alpha value is -2.08. The monoisotopic (exact) mass is 239 g/mol. The summed E-state index contributed by atoms with van der Waals surface area (Å²) in [6.45, 7) is 0. The molecule has 2 N–H and O–H groups in total. The van der Waals surface area contributed by atoms with Crippen molar-refractivity contribution in [2.45, 2.75) is 0 Å². The van der Waals surface area contributed by atoms with Crippen molar-refractivity contribution in [2.75, 3.05) is 0 Å². The van der Waals surface area contributed by atoms with Gasteiger partial charge in [0.1, 0.15) is 6.33 Å². The first-order valence-corrected chi connectivity index (χ1v) is 4.60. The number of carbonyl (C=O) groups excluding carboxylic acids is 1. The summed E-state index contributed by atoms with van der Waals surface area (Å²) in [6.07, 6.45) is 3.45. The molecule has 0 bridgehead atoms. The largest absolute Gasteiger partial charge is 0.504 e. The standard InChI is InChI=1S/C9H6ClN3O3/c10-5-1-2-16-8(5)6(14)3-7(15)9-11-4-12-13-9/h1-4,15H,(H,11,12,13). The Labute approximate surface area is 94.6 Å². The molecule has 82 valence electrons. The van der Waals surface area contributed by atoms with Crippen molar-refractivity contribution in [3.05, 3.63) is 41.3 Å². The second-order valence-corrected chi connectivity index (χ2v) is 3.23. The highest BCUT2D eigenvalue weighted by molar-refractivity contribution is 6.34.